The zero-order valence-electron chi connectivity index (χ0n) is 15.8. The number of amides is 2. The average molecular weight is 409 g/mol. The van der Waals surface area contributed by atoms with E-state index in [4.69, 9.17) is 4.74 Å². The molecule has 1 saturated heterocycles. The standard InChI is InChI=1S/C21H19N3O4S/c1-28-19(25)12-17-20(26)22-8-9-24(17)21(27)14-11-16(18-7-4-10-29-18)23-15-6-3-2-5-13(14)15/h2-7,10-11,17H,8-9,12H2,1H3,(H,22,26). The maximum Gasteiger partial charge on any atom is 0.308 e. The van der Waals surface area contributed by atoms with Gasteiger partial charge in [0.25, 0.3) is 5.91 Å². The molecule has 4 rings (SSSR count). The van der Waals surface area contributed by atoms with Gasteiger partial charge < -0.3 is 15.0 Å². The van der Waals surface area contributed by atoms with E-state index in [0.29, 0.717) is 35.2 Å². The molecule has 1 aliphatic heterocycles. The number of para-hydroxylation sites is 1. The number of carbonyl (C=O) groups is 3. The van der Waals surface area contributed by atoms with Gasteiger partial charge in [0.1, 0.15) is 6.04 Å². The smallest absolute Gasteiger partial charge is 0.308 e. The second-order valence-electron chi connectivity index (χ2n) is 6.64. The molecular formula is C21H19N3O4S. The van der Waals surface area contributed by atoms with E-state index in [1.165, 1.54) is 12.0 Å². The summed E-state index contributed by atoms with van der Waals surface area (Å²) in [7, 11) is 1.26. The van der Waals surface area contributed by atoms with Crippen molar-refractivity contribution in [3.63, 3.8) is 0 Å². The fourth-order valence-electron chi connectivity index (χ4n) is 3.46. The Morgan fingerprint density at radius 2 is 2.10 bits per heavy atom. The van der Waals surface area contributed by atoms with Gasteiger partial charge in [-0.2, -0.15) is 0 Å². The first-order valence-electron chi connectivity index (χ1n) is 9.17. The van der Waals surface area contributed by atoms with E-state index in [1.807, 2.05) is 41.8 Å². The Kier molecular flexibility index (Phi) is 5.26. The average Bonchev–Trinajstić information content (AvgIpc) is 3.28. The number of hydrogen-bond acceptors (Lipinski definition) is 6. The lowest BCUT2D eigenvalue weighted by molar-refractivity contribution is -0.145. The number of rotatable bonds is 4. The van der Waals surface area contributed by atoms with Crippen LogP contribution >= 0.6 is 11.3 Å². The molecule has 2 amide bonds. The molecule has 0 bridgehead atoms. The summed E-state index contributed by atoms with van der Waals surface area (Å²) >= 11 is 1.54. The molecule has 7 nitrogen and oxygen atoms in total. The van der Waals surface area contributed by atoms with Crippen LogP contribution < -0.4 is 5.32 Å². The number of pyridine rings is 1. The Morgan fingerprint density at radius 3 is 2.86 bits per heavy atom. The number of aromatic nitrogens is 1. The van der Waals surface area contributed by atoms with E-state index in [0.717, 1.165) is 4.88 Å². The number of methoxy groups -OCH3 is 1. The number of nitrogens with one attached hydrogen (secondary N) is 1. The quantitative estimate of drug-likeness (QED) is 0.669. The second kappa shape index (κ2) is 8.00. The molecule has 8 heteroatoms. The minimum Gasteiger partial charge on any atom is -0.469 e. The van der Waals surface area contributed by atoms with Crippen molar-refractivity contribution in [2.75, 3.05) is 20.2 Å². The third-order valence-electron chi connectivity index (χ3n) is 4.90. The summed E-state index contributed by atoms with van der Waals surface area (Å²) < 4.78 is 4.71. The summed E-state index contributed by atoms with van der Waals surface area (Å²) in [6.45, 7) is 0.653. The topological polar surface area (TPSA) is 88.6 Å². The monoisotopic (exact) mass is 409 g/mol. The van der Waals surface area contributed by atoms with Gasteiger partial charge in [-0.25, -0.2) is 4.98 Å². The number of thiophene rings is 1. The predicted octanol–water partition coefficient (Wildman–Crippen LogP) is 2.47. The van der Waals surface area contributed by atoms with E-state index in [1.54, 1.807) is 17.4 Å². The van der Waals surface area contributed by atoms with Gasteiger partial charge in [-0.05, 0) is 23.6 Å². The molecule has 1 atom stereocenters. The summed E-state index contributed by atoms with van der Waals surface area (Å²) in [4.78, 5) is 44.8. The molecular weight excluding hydrogens is 390 g/mol. The lowest BCUT2D eigenvalue weighted by Crippen LogP contribution is -2.57. The molecule has 0 saturated carbocycles. The minimum atomic E-state index is -0.902. The molecule has 2 aromatic heterocycles. The SMILES string of the molecule is COC(=O)CC1C(=O)NCCN1C(=O)c1cc(-c2cccs2)nc2ccccc12. The summed E-state index contributed by atoms with van der Waals surface area (Å²) in [5.41, 5.74) is 1.87. The fourth-order valence-corrected chi connectivity index (χ4v) is 4.15. The number of fused-ring (bicyclic) bond motifs is 1. The number of carbonyl (C=O) groups excluding carboxylic acids is 3. The van der Waals surface area contributed by atoms with Gasteiger partial charge in [0.05, 0.1) is 35.2 Å². The lowest BCUT2D eigenvalue weighted by Gasteiger charge is -2.34. The number of ether oxygens (including phenoxy) is 1. The van der Waals surface area contributed by atoms with Crippen LogP contribution in [0.3, 0.4) is 0 Å². The molecule has 3 heterocycles. The van der Waals surface area contributed by atoms with Gasteiger partial charge in [-0.15, -0.1) is 11.3 Å². The molecule has 0 aliphatic carbocycles. The van der Waals surface area contributed by atoms with Crippen LogP contribution in [0.25, 0.3) is 21.5 Å². The molecule has 1 N–H and O–H groups in total. The molecule has 1 fully saturated rings. The van der Waals surface area contributed by atoms with Crippen LogP contribution in [0.1, 0.15) is 16.8 Å². The number of hydrogen-bond donors (Lipinski definition) is 1. The zero-order valence-corrected chi connectivity index (χ0v) is 16.6. The van der Waals surface area contributed by atoms with Gasteiger partial charge in [0.15, 0.2) is 0 Å². The van der Waals surface area contributed by atoms with Gasteiger partial charge in [0, 0.05) is 18.5 Å². The highest BCUT2D eigenvalue weighted by atomic mass is 32.1. The molecule has 1 unspecified atom stereocenters. The molecule has 29 heavy (non-hydrogen) atoms. The van der Waals surface area contributed by atoms with Gasteiger partial charge in [0.2, 0.25) is 5.91 Å². The van der Waals surface area contributed by atoms with E-state index < -0.39 is 12.0 Å². The van der Waals surface area contributed by atoms with Crippen molar-refractivity contribution in [3.05, 3.63) is 53.4 Å². The molecule has 0 spiro atoms. The van der Waals surface area contributed by atoms with Crippen molar-refractivity contribution >= 4 is 40.0 Å². The van der Waals surface area contributed by atoms with Crippen LogP contribution in [-0.4, -0.2) is 53.9 Å². The third kappa shape index (κ3) is 3.71. The van der Waals surface area contributed by atoms with E-state index >= 15 is 0 Å². The first kappa shape index (κ1) is 19.1. The summed E-state index contributed by atoms with van der Waals surface area (Å²) in [5.74, 6) is -1.19. The highest BCUT2D eigenvalue weighted by Crippen LogP contribution is 2.29. The third-order valence-corrected chi connectivity index (χ3v) is 5.79. The van der Waals surface area contributed by atoms with Crippen molar-refractivity contribution in [1.29, 1.82) is 0 Å². The van der Waals surface area contributed by atoms with Crippen LogP contribution in [0.15, 0.2) is 47.8 Å². The van der Waals surface area contributed by atoms with Crippen molar-refractivity contribution in [3.8, 4) is 10.6 Å². The Bertz CT molecular complexity index is 1080. The van der Waals surface area contributed by atoms with Gasteiger partial charge in [-0.1, -0.05) is 24.3 Å². The first-order chi connectivity index (χ1) is 14.1. The number of nitrogens with zero attached hydrogens (tertiary/aromatic N) is 2. The van der Waals surface area contributed by atoms with Crippen molar-refractivity contribution in [2.24, 2.45) is 0 Å². The molecule has 1 aromatic carbocycles. The zero-order chi connectivity index (χ0) is 20.4. The summed E-state index contributed by atoms with van der Waals surface area (Å²) in [5, 5.41) is 5.38. The maximum atomic E-state index is 13.5. The Labute approximate surface area is 171 Å². The number of benzene rings is 1. The van der Waals surface area contributed by atoms with Crippen LogP contribution in [-0.2, 0) is 14.3 Å². The molecule has 1 aliphatic rings. The summed E-state index contributed by atoms with van der Waals surface area (Å²) in [6.07, 6.45) is -0.186. The van der Waals surface area contributed by atoms with Crippen molar-refractivity contribution < 1.29 is 19.1 Å². The highest BCUT2D eigenvalue weighted by molar-refractivity contribution is 7.13. The van der Waals surface area contributed by atoms with E-state index in [2.05, 4.69) is 10.3 Å². The number of piperazine rings is 1. The largest absolute Gasteiger partial charge is 0.469 e. The molecule has 3 aromatic rings. The molecule has 0 radical (unpaired) electrons. The normalized spacial score (nSPS) is 16.5. The van der Waals surface area contributed by atoms with Gasteiger partial charge >= 0.3 is 5.97 Å². The predicted molar refractivity (Wildman–Crippen MR) is 110 cm³/mol. The fraction of sp³-hybridized carbons (Fsp3) is 0.238. The highest BCUT2D eigenvalue weighted by Gasteiger charge is 2.36. The van der Waals surface area contributed by atoms with E-state index in [9.17, 15) is 14.4 Å². The maximum absolute atomic E-state index is 13.5. The molecule has 148 valence electrons. The number of esters is 1. The van der Waals surface area contributed by atoms with Crippen LogP contribution in [0.4, 0.5) is 0 Å². The summed E-state index contributed by atoms with van der Waals surface area (Å²) in [6, 6.07) is 12.2. The van der Waals surface area contributed by atoms with Crippen LogP contribution in [0, 0.1) is 0 Å². The Morgan fingerprint density at radius 1 is 1.28 bits per heavy atom. The lowest BCUT2D eigenvalue weighted by atomic mass is 10.0. The Balaban J connectivity index is 1.79. The minimum absolute atomic E-state index is 0.186. The van der Waals surface area contributed by atoms with Crippen LogP contribution in [0.5, 0.6) is 0 Å². The van der Waals surface area contributed by atoms with Crippen molar-refractivity contribution in [1.82, 2.24) is 15.2 Å². The van der Waals surface area contributed by atoms with Crippen LogP contribution in [0.2, 0.25) is 0 Å². The second-order valence-corrected chi connectivity index (χ2v) is 7.58. The van der Waals surface area contributed by atoms with Gasteiger partial charge in [-0.3, -0.25) is 14.4 Å². The van der Waals surface area contributed by atoms with E-state index in [-0.39, 0.29) is 18.2 Å². The Hall–Kier alpha value is -3.26. The first-order valence-corrected chi connectivity index (χ1v) is 10.1. The van der Waals surface area contributed by atoms with Crippen molar-refractivity contribution in [2.45, 2.75) is 12.5 Å².